The van der Waals surface area contributed by atoms with E-state index < -0.39 is 28.3 Å². The number of likely N-dealkylation sites (N-methyl/N-ethyl adjacent to an activating group) is 1. The van der Waals surface area contributed by atoms with Gasteiger partial charge in [-0.25, -0.2) is 0 Å². The number of ether oxygens (including phenoxy) is 1. The van der Waals surface area contributed by atoms with Crippen molar-refractivity contribution < 1.29 is 27.6 Å². The van der Waals surface area contributed by atoms with Gasteiger partial charge in [0.05, 0.1) is 23.6 Å². The zero-order chi connectivity index (χ0) is 17.6. The maximum atomic E-state index is 12.6. The number of nitrogens with zero attached hydrogens (tertiary/aromatic N) is 2. The van der Waals surface area contributed by atoms with Crippen LogP contribution in [0.25, 0.3) is 0 Å². The van der Waals surface area contributed by atoms with Crippen LogP contribution in [0.5, 0.6) is 0 Å². The number of amides is 1. The molecule has 0 radical (unpaired) electrons. The number of carbonyl (C=O) groups excluding carboxylic acids is 1. The van der Waals surface area contributed by atoms with Gasteiger partial charge in [0.15, 0.2) is 0 Å². The Hall–Kier alpha value is -2.36. The SMILES string of the molecule is COCCNC(=O)CN(C)c1ccc(C(F)(F)F)cc1[N+](=O)[O-]. The van der Waals surface area contributed by atoms with Gasteiger partial charge in [0, 0.05) is 26.8 Å². The van der Waals surface area contributed by atoms with Gasteiger partial charge in [-0.1, -0.05) is 0 Å². The smallest absolute Gasteiger partial charge is 0.383 e. The largest absolute Gasteiger partial charge is 0.416 e. The molecule has 0 aromatic heterocycles. The van der Waals surface area contributed by atoms with Gasteiger partial charge in [0.1, 0.15) is 5.69 Å². The summed E-state index contributed by atoms with van der Waals surface area (Å²) in [5.41, 5.74) is -1.91. The van der Waals surface area contributed by atoms with Crippen LogP contribution in [0.15, 0.2) is 18.2 Å². The number of nitrogens with one attached hydrogen (secondary N) is 1. The number of halogens is 3. The third-order valence-corrected chi connectivity index (χ3v) is 2.92. The fourth-order valence-corrected chi connectivity index (χ4v) is 1.82. The Labute approximate surface area is 130 Å². The lowest BCUT2D eigenvalue weighted by Gasteiger charge is -2.19. The van der Waals surface area contributed by atoms with Crippen molar-refractivity contribution in [1.82, 2.24) is 5.32 Å². The third kappa shape index (κ3) is 5.40. The molecule has 0 heterocycles. The highest BCUT2D eigenvalue weighted by molar-refractivity contribution is 5.82. The second-order valence-corrected chi connectivity index (χ2v) is 4.66. The summed E-state index contributed by atoms with van der Waals surface area (Å²) < 4.78 is 42.7. The molecule has 1 aromatic carbocycles. The van der Waals surface area contributed by atoms with Crippen molar-refractivity contribution in [2.24, 2.45) is 0 Å². The molecule has 0 spiro atoms. The Morgan fingerprint density at radius 1 is 1.43 bits per heavy atom. The molecule has 0 fully saturated rings. The van der Waals surface area contributed by atoms with Crippen LogP contribution in [-0.2, 0) is 15.7 Å². The predicted molar refractivity (Wildman–Crippen MR) is 76.3 cm³/mol. The zero-order valence-corrected chi connectivity index (χ0v) is 12.5. The summed E-state index contributed by atoms with van der Waals surface area (Å²) >= 11 is 0. The number of alkyl halides is 3. The molecule has 7 nitrogen and oxygen atoms in total. The highest BCUT2D eigenvalue weighted by Crippen LogP contribution is 2.36. The van der Waals surface area contributed by atoms with E-state index in [1.54, 1.807) is 0 Å². The molecule has 0 unspecified atom stereocenters. The first kappa shape index (κ1) is 18.7. The van der Waals surface area contributed by atoms with Crippen LogP contribution in [0.3, 0.4) is 0 Å². The first-order valence-electron chi connectivity index (χ1n) is 6.49. The number of hydrogen-bond acceptors (Lipinski definition) is 5. The number of rotatable bonds is 7. The van der Waals surface area contributed by atoms with Gasteiger partial charge >= 0.3 is 6.18 Å². The summed E-state index contributed by atoms with van der Waals surface area (Å²) in [4.78, 5) is 22.9. The van der Waals surface area contributed by atoms with E-state index in [2.05, 4.69) is 5.32 Å². The van der Waals surface area contributed by atoms with Crippen molar-refractivity contribution in [2.45, 2.75) is 6.18 Å². The quantitative estimate of drug-likeness (QED) is 0.467. The topological polar surface area (TPSA) is 84.7 Å². The monoisotopic (exact) mass is 335 g/mol. The Morgan fingerprint density at radius 2 is 2.09 bits per heavy atom. The number of benzene rings is 1. The average Bonchev–Trinajstić information content (AvgIpc) is 2.45. The molecule has 0 aliphatic carbocycles. The van der Waals surface area contributed by atoms with Crippen LogP contribution in [0, 0.1) is 10.1 Å². The van der Waals surface area contributed by atoms with Crippen molar-refractivity contribution in [3.63, 3.8) is 0 Å². The average molecular weight is 335 g/mol. The second kappa shape index (κ2) is 7.77. The van der Waals surface area contributed by atoms with Gasteiger partial charge in [-0.2, -0.15) is 13.2 Å². The van der Waals surface area contributed by atoms with E-state index >= 15 is 0 Å². The third-order valence-electron chi connectivity index (χ3n) is 2.92. The summed E-state index contributed by atoms with van der Waals surface area (Å²) in [5, 5.41) is 13.5. The standard InChI is InChI=1S/C13H16F3N3O4/c1-18(8-12(20)17-5-6-23-2)10-4-3-9(13(14,15)16)7-11(10)19(21)22/h3-4,7H,5-6,8H2,1-2H3,(H,17,20). The minimum Gasteiger partial charge on any atom is -0.383 e. The molecular formula is C13H16F3N3O4. The second-order valence-electron chi connectivity index (χ2n) is 4.66. The van der Waals surface area contributed by atoms with Gasteiger partial charge in [-0.3, -0.25) is 14.9 Å². The molecule has 1 amide bonds. The summed E-state index contributed by atoms with van der Waals surface area (Å²) in [6, 6.07) is 2.17. The molecule has 0 atom stereocenters. The Balaban J connectivity index is 2.93. The summed E-state index contributed by atoms with van der Waals surface area (Å²) in [7, 11) is 2.84. The summed E-state index contributed by atoms with van der Waals surface area (Å²) in [5.74, 6) is -0.432. The van der Waals surface area contributed by atoms with Crippen molar-refractivity contribution in [2.75, 3.05) is 38.8 Å². The Kier molecular flexibility index (Phi) is 6.31. The van der Waals surface area contributed by atoms with Gasteiger partial charge in [-0.15, -0.1) is 0 Å². The summed E-state index contributed by atoms with van der Waals surface area (Å²) in [6.45, 7) is 0.323. The van der Waals surface area contributed by atoms with Gasteiger partial charge < -0.3 is 15.0 Å². The van der Waals surface area contributed by atoms with Crippen LogP contribution in [0.4, 0.5) is 24.5 Å². The number of anilines is 1. The van der Waals surface area contributed by atoms with E-state index in [-0.39, 0.29) is 18.8 Å². The van der Waals surface area contributed by atoms with E-state index in [0.29, 0.717) is 12.7 Å². The molecule has 128 valence electrons. The molecule has 0 aliphatic heterocycles. The van der Waals surface area contributed by atoms with Crippen LogP contribution >= 0.6 is 0 Å². The molecule has 0 saturated carbocycles. The Morgan fingerprint density at radius 3 is 2.61 bits per heavy atom. The normalized spacial score (nSPS) is 11.2. The van der Waals surface area contributed by atoms with E-state index in [9.17, 15) is 28.1 Å². The molecule has 1 aromatic rings. The molecule has 10 heteroatoms. The van der Waals surface area contributed by atoms with Gasteiger partial charge in [-0.05, 0) is 12.1 Å². The minimum absolute atomic E-state index is 0.0788. The molecule has 1 N–H and O–H groups in total. The number of nitro benzene ring substituents is 1. The molecule has 0 bridgehead atoms. The van der Waals surface area contributed by atoms with Crippen molar-refractivity contribution in [1.29, 1.82) is 0 Å². The molecule has 23 heavy (non-hydrogen) atoms. The van der Waals surface area contributed by atoms with Crippen LogP contribution in [-0.4, -0.2) is 44.7 Å². The van der Waals surface area contributed by atoms with E-state index in [1.807, 2.05) is 0 Å². The number of carbonyl (C=O) groups is 1. The van der Waals surface area contributed by atoms with Crippen molar-refractivity contribution >= 4 is 17.3 Å². The van der Waals surface area contributed by atoms with Gasteiger partial charge in [0.25, 0.3) is 5.69 Å². The van der Waals surface area contributed by atoms with Crippen molar-refractivity contribution in [3.05, 3.63) is 33.9 Å². The predicted octanol–water partition coefficient (Wildman–Crippen LogP) is 1.81. The maximum absolute atomic E-state index is 12.6. The highest BCUT2D eigenvalue weighted by Gasteiger charge is 2.33. The van der Waals surface area contributed by atoms with Crippen molar-refractivity contribution in [3.8, 4) is 0 Å². The van der Waals surface area contributed by atoms with Gasteiger partial charge in [0.2, 0.25) is 5.91 Å². The maximum Gasteiger partial charge on any atom is 0.416 e. The molecule has 1 rings (SSSR count). The molecule has 0 aliphatic rings. The van der Waals surface area contributed by atoms with E-state index in [4.69, 9.17) is 4.74 Å². The van der Waals surface area contributed by atoms with Crippen LogP contribution in [0.2, 0.25) is 0 Å². The zero-order valence-electron chi connectivity index (χ0n) is 12.5. The fraction of sp³-hybridized carbons (Fsp3) is 0.462. The molecular weight excluding hydrogens is 319 g/mol. The number of hydrogen-bond donors (Lipinski definition) is 1. The van der Waals surface area contributed by atoms with E-state index in [1.165, 1.54) is 19.1 Å². The minimum atomic E-state index is -4.68. The van der Waals surface area contributed by atoms with Crippen LogP contribution in [0.1, 0.15) is 5.56 Å². The number of nitro groups is 1. The highest BCUT2D eigenvalue weighted by atomic mass is 19.4. The van der Waals surface area contributed by atoms with E-state index in [0.717, 1.165) is 12.1 Å². The molecule has 0 saturated heterocycles. The van der Waals surface area contributed by atoms with Crippen LogP contribution < -0.4 is 10.2 Å². The lowest BCUT2D eigenvalue weighted by atomic mass is 10.1. The Bertz CT molecular complexity index is 578. The first-order chi connectivity index (χ1) is 10.7. The first-order valence-corrected chi connectivity index (χ1v) is 6.49. The number of methoxy groups -OCH3 is 1. The summed E-state index contributed by atoms with van der Waals surface area (Å²) in [6.07, 6.45) is -4.68. The lowest BCUT2D eigenvalue weighted by molar-refractivity contribution is -0.384. The lowest BCUT2D eigenvalue weighted by Crippen LogP contribution is -2.36. The fourth-order valence-electron chi connectivity index (χ4n) is 1.82.